The van der Waals surface area contributed by atoms with Crippen LogP contribution in [-0.2, 0) is 0 Å². The lowest BCUT2D eigenvalue weighted by Crippen LogP contribution is -1.97. The summed E-state index contributed by atoms with van der Waals surface area (Å²) in [7, 11) is 0. The minimum absolute atomic E-state index is 0.335. The van der Waals surface area contributed by atoms with E-state index in [0.717, 1.165) is 20.7 Å². The third-order valence-corrected chi connectivity index (χ3v) is 4.22. The normalized spacial score (nSPS) is 10.9. The van der Waals surface area contributed by atoms with Crippen LogP contribution in [0.2, 0.25) is 5.02 Å². The molecule has 0 spiro atoms. The molecular formula is C16H11ClO2S. The van der Waals surface area contributed by atoms with Crippen LogP contribution < -0.4 is 5.63 Å². The summed E-state index contributed by atoms with van der Waals surface area (Å²) in [6, 6.07) is 14.9. The predicted octanol–water partition coefficient (Wildman–Crippen LogP) is 4.91. The van der Waals surface area contributed by atoms with Crippen LogP contribution >= 0.6 is 23.4 Å². The first-order valence-electron chi connectivity index (χ1n) is 6.10. The summed E-state index contributed by atoms with van der Waals surface area (Å²) >= 11 is 7.41. The Morgan fingerprint density at radius 2 is 1.80 bits per heavy atom. The van der Waals surface area contributed by atoms with Gasteiger partial charge >= 0.3 is 5.63 Å². The second-order valence-corrected chi connectivity index (χ2v) is 6.04. The molecule has 3 rings (SSSR count). The molecule has 0 radical (unpaired) electrons. The van der Waals surface area contributed by atoms with Crippen LogP contribution in [0.3, 0.4) is 0 Å². The zero-order chi connectivity index (χ0) is 14.1. The first-order chi connectivity index (χ1) is 9.61. The van der Waals surface area contributed by atoms with Crippen molar-refractivity contribution >= 4 is 34.3 Å². The Labute approximate surface area is 125 Å². The van der Waals surface area contributed by atoms with Gasteiger partial charge in [0, 0.05) is 26.3 Å². The fourth-order valence-corrected chi connectivity index (χ4v) is 3.04. The van der Waals surface area contributed by atoms with Gasteiger partial charge in [-0.1, -0.05) is 35.0 Å². The lowest BCUT2D eigenvalue weighted by atomic mass is 10.2. The molecule has 0 atom stereocenters. The molecule has 20 heavy (non-hydrogen) atoms. The smallest absolute Gasteiger partial charge is 0.337 e. The van der Waals surface area contributed by atoms with Crippen LogP contribution in [0.4, 0.5) is 0 Å². The number of aryl methyl sites for hydroxylation is 1. The van der Waals surface area contributed by atoms with E-state index in [1.807, 2.05) is 49.4 Å². The Morgan fingerprint density at radius 1 is 1.05 bits per heavy atom. The van der Waals surface area contributed by atoms with Crippen LogP contribution in [0.25, 0.3) is 11.0 Å². The van der Waals surface area contributed by atoms with Crippen LogP contribution in [0.15, 0.2) is 67.5 Å². The molecular weight excluding hydrogens is 292 g/mol. The van der Waals surface area contributed by atoms with Crippen molar-refractivity contribution in [1.82, 2.24) is 0 Å². The maximum atomic E-state index is 11.6. The van der Waals surface area contributed by atoms with E-state index in [1.54, 1.807) is 0 Å². The maximum Gasteiger partial charge on any atom is 0.337 e. The van der Waals surface area contributed by atoms with Gasteiger partial charge in [-0.25, -0.2) is 4.79 Å². The number of rotatable bonds is 2. The van der Waals surface area contributed by atoms with E-state index in [2.05, 4.69) is 0 Å². The summed E-state index contributed by atoms with van der Waals surface area (Å²) in [6.07, 6.45) is 0. The zero-order valence-electron chi connectivity index (χ0n) is 10.7. The van der Waals surface area contributed by atoms with E-state index in [0.29, 0.717) is 10.6 Å². The van der Waals surface area contributed by atoms with Crippen LogP contribution in [0.5, 0.6) is 0 Å². The molecule has 0 amide bonds. The number of fused-ring (bicyclic) bond motifs is 1. The van der Waals surface area contributed by atoms with Gasteiger partial charge in [-0.15, -0.1) is 0 Å². The third kappa shape index (κ3) is 2.74. The molecule has 2 nitrogen and oxygen atoms in total. The van der Waals surface area contributed by atoms with Gasteiger partial charge in [-0.3, -0.25) is 0 Å². The number of benzene rings is 2. The minimum Gasteiger partial charge on any atom is -0.423 e. The van der Waals surface area contributed by atoms with Crippen molar-refractivity contribution in [3.05, 3.63) is 69.5 Å². The molecule has 0 aliphatic heterocycles. The number of hydrogen-bond donors (Lipinski definition) is 0. The second kappa shape index (κ2) is 5.35. The summed E-state index contributed by atoms with van der Waals surface area (Å²) in [5.74, 6) is 0. The van der Waals surface area contributed by atoms with Crippen LogP contribution in [0.1, 0.15) is 5.56 Å². The highest BCUT2D eigenvalue weighted by Gasteiger charge is 2.07. The van der Waals surface area contributed by atoms with Crippen molar-refractivity contribution < 1.29 is 4.42 Å². The molecule has 3 aromatic rings. The Bertz CT molecular complexity index is 822. The minimum atomic E-state index is -0.335. The van der Waals surface area contributed by atoms with Crippen molar-refractivity contribution in [2.24, 2.45) is 0 Å². The monoisotopic (exact) mass is 302 g/mol. The van der Waals surface area contributed by atoms with Gasteiger partial charge in [0.25, 0.3) is 0 Å². The molecule has 4 heteroatoms. The lowest BCUT2D eigenvalue weighted by molar-refractivity contribution is 0.557. The van der Waals surface area contributed by atoms with Gasteiger partial charge < -0.3 is 4.42 Å². The van der Waals surface area contributed by atoms with Crippen molar-refractivity contribution in [3.8, 4) is 0 Å². The molecule has 0 aliphatic rings. The fraction of sp³-hybridized carbons (Fsp3) is 0.0625. The summed E-state index contributed by atoms with van der Waals surface area (Å²) in [4.78, 5) is 13.6. The first kappa shape index (κ1) is 13.3. The van der Waals surface area contributed by atoms with E-state index in [1.165, 1.54) is 17.8 Å². The standard InChI is InChI=1S/C16H11ClO2S/c1-10-2-7-14-13(8-10)15(9-16(18)19-14)20-12-5-3-11(17)4-6-12/h2-9H,1H3. The van der Waals surface area contributed by atoms with Gasteiger partial charge in [0.2, 0.25) is 0 Å². The molecule has 0 bridgehead atoms. The molecule has 0 saturated heterocycles. The largest absolute Gasteiger partial charge is 0.423 e. The van der Waals surface area contributed by atoms with Gasteiger partial charge in [-0.2, -0.15) is 0 Å². The van der Waals surface area contributed by atoms with Crippen LogP contribution in [0, 0.1) is 6.92 Å². The predicted molar refractivity (Wildman–Crippen MR) is 82.8 cm³/mol. The average Bonchev–Trinajstić information content (AvgIpc) is 2.42. The molecule has 0 saturated carbocycles. The Balaban J connectivity index is 2.12. The van der Waals surface area contributed by atoms with Gasteiger partial charge in [-0.05, 0) is 43.3 Å². The summed E-state index contributed by atoms with van der Waals surface area (Å²) in [5, 5.41) is 1.65. The quantitative estimate of drug-likeness (QED) is 0.630. The molecule has 0 unspecified atom stereocenters. The van der Waals surface area contributed by atoms with Gasteiger partial charge in [0.1, 0.15) is 5.58 Å². The van der Waals surface area contributed by atoms with Crippen molar-refractivity contribution in [2.75, 3.05) is 0 Å². The Kier molecular flexibility index (Phi) is 3.55. The molecule has 0 N–H and O–H groups in total. The highest BCUT2D eigenvalue weighted by Crippen LogP contribution is 2.33. The zero-order valence-corrected chi connectivity index (χ0v) is 12.3. The maximum absolute atomic E-state index is 11.6. The lowest BCUT2D eigenvalue weighted by Gasteiger charge is -2.06. The van der Waals surface area contributed by atoms with E-state index in [9.17, 15) is 4.79 Å². The fourth-order valence-electron chi connectivity index (χ4n) is 1.96. The molecule has 1 heterocycles. The highest BCUT2D eigenvalue weighted by atomic mass is 35.5. The Hall–Kier alpha value is -1.71. The SMILES string of the molecule is Cc1ccc2oc(=O)cc(Sc3ccc(Cl)cc3)c2c1. The number of hydrogen-bond acceptors (Lipinski definition) is 3. The summed E-state index contributed by atoms with van der Waals surface area (Å²) in [5.41, 5.74) is 1.40. The topological polar surface area (TPSA) is 30.2 Å². The van der Waals surface area contributed by atoms with E-state index in [-0.39, 0.29) is 5.63 Å². The van der Waals surface area contributed by atoms with Gasteiger partial charge in [0.15, 0.2) is 0 Å². The van der Waals surface area contributed by atoms with Crippen molar-refractivity contribution in [2.45, 2.75) is 16.7 Å². The van der Waals surface area contributed by atoms with E-state index >= 15 is 0 Å². The van der Waals surface area contributed by atoms with Gasteiger partial charge in [0.05, 0.1) is 0 Å². The summed E-state index contributed by atoms with van der Waals surface area (Å²) in [6.45, 7) is 2.02. The molecule has 0 aliphatic carbocycles. The van der Waals surface area contributed by atoms with Crippen LogP contribution in [-0.4, -0.2) is 0 Å². The first-order valence-corrected chi connectivity index (χ1v) is 7.29. The Morgan fingerprint density at radius 3 is 2.55 bits per heavy atom. The third-order valence-electron chi connectivity index (χ3n) is 2.90. The highest BCUT2D eigenvalue weighted by molar-refractivity contribution is 7.99. The molecule has 0 fully saturated rings. The molecule has 100 valence electrons. The summed E-state index contributed by atoms with van der Waals surface area (Å²) < 4.78 is 5.22. The second-order valence-electron chi connectivity index (χ2n) is 4.49. The molecule has 2 aromatic carbocycles. The van der Waals surface area contributed by atoms with E-state index in [4.69, 9.17) is 16.0 Å². The van der Waals surface area contributed by atoms with Crippen molar-refractivity contribution in [3.63, 3.8) is 0 Å². The molecule has 1 aromatic heterocycles. The average molecular weight is 303 g/mol. The number of halogens is 1. The van der Waals surface area contributed by atoms with Crippen molar-refractivity contribution in [1.29, 1.82) is 0 Å². The van der Waals surface area contributed by atoms with E-state index < -0.39 is 0 Å².